The van der Waals surface area contributed by atoms with Gasteiger partial charge >= 0.3 is 0 Å². The largest absolute Gasteiger partial charge is 0.310 e. The third kappa shape index (κ3) is 3.92. The summed E-state index contributed by atoms with van der Waals surface area (Å²) in [7, 11) is 0. The summed E-state index contributed by atoms with van der Waals surface area (Å²) < 4.78 is 2.08. The molecular formula is C16H26N4S. The molecule has 0 unspecified atom stereocenters. The topological polar surface area (TPSA) is 42.7 Å². The monoisotopic (exact) mass is 306 g/mol. The second kappa shape index (κ2) is 6.71. The van der Waals surface area contributed by atoms with E-state index in [1.165, 1.54) is 16.3 Å². The van der Waals surface area contributed by atoms with Gasteiger partial charge in [-0.25, -0.2) is 4.98 Å². The van der Waals surface area contributed by atoms with Crippen LogP contribution in [0.4, 0.5) is 0 Å². The Morgan fingerprint density at radius 3 is 2.52 bits per heavy atom. The first-order chi connectivity index (χ1) is 9.88. The van der Waals surface area contributed by atoms with Crippen LogP contribution in [0.2, 0.25) is 0 Å². The zero-order chi connectivity index (χ0) is 15.6. The van der Waals surface area contributed by atoms with Crippen LogP contribution in [-0.2, 0) is 13.1 Å². The molecule has 0 atom stereocenters. The van der Waals surface area contributed by atoms with Gasteiger partial charge in [0.25, 0.3) is 0 Å². The SMILES string of the molecule is Cc1nn(Cc2csc(C(C)C)n2)c(C)c1CNC(C)C. The van der Waals surface area contributed by atoms with Crippen molar-refractivity contribution in [1.82, 2.24) is 20.1 Å². The molecule has 0 aliphatic carbocycles. The third-order valence-electron chi connectivity index (χ3n) is 3.59. The van der Waals surface area contributed by atoms with E-state index in [2.05, 4.69) is 62.0 Å². The van der Waals surface area contributed by atoms with Gasteiger partial charge < -0.3 is 5.32 Å². The molecule has 0 radical (unpaired) electrons. The van der Waals surface area contributed by atoms with Gasteiger partial charge in [-0.3, -0.25) is 4.68 Å². The number of hydrogen-bond donors (Lipinski definition) is 1. The third-order valence-corrected chi connectivity index (χ3v) is 4.79. The van der Waals surface area contributed by atoms with Crippen molar-refractivity contribution >= 4 is 11.3 Å². The number of aryl methyl sites for hydroxylation is 1. The molecule has 0 aromatic carbocycles. The van der Waals surface area contributed by atoms with Crippen LogP contribution in [0.1, 0.15) is 61.3 Å². The minimum atomic E-state index is 0.485. The van der Waals surface area contributed by atoms with E-state index in [4.69, 9.17) is 4.98 Å². The van der Waals surface area contributed by atoms with Gasteiger partial charge in [0.1, 0.15) is 0 Å². The molecule has 2 rings (SSSR count). The first kappa shape index (κ1) is 16.2. The lowest BCUT2D eigenvalue weighted by Crippen LogP contribution is -2.22. The van der Waals surface area contributed by atoms with Crippen molar-refractivity contribution in [3.05, 3.63) is 33.0 Å². The first-order valence-electron chi connectivity index (χ1n) is 7.59. The fraction of sp³-hybridized carbons (Fsp3) is 0.625. The minimum Gasteiger partial charge on any atom is -0.310 e. The lowest BCUT2D eigenvalue weighted by molar-refractivity contribution is 0.584. The van der Waals surface area contributed by atoms with Crippen LogP contribution in [0.25, 0.3) is 0 Å². The molecule has 116 valence electrons. The molecule has 0 spiro atoms. The summed E-state index contributed by atoms with van der Waals surface area (Å²) in [5.41, 5.74) is 4.76. The normalized spacial score (nSPS) is 11.8. The van der Waals surface area contributed by atoms with E-state index in [9.17, 15) is 0 Å². The molecule has 0 aliphatic rings. The second-order valence-corrected chi connectivity index (χ2v) is 7.06. The van der Waals surface area contributed by atoms with Gasteiger partial charge in [-0.05, 0) is 13.8 Å². The van der Waals surface area contributed by atoms with Crippen LogP contribution in [-0.4, -0.2) is 20.8 Å². The second-order valence-electron chi connectivity index (χ2n) is 6.17. The number of nitrogens with zero attached hydrogens (tertiary/aromatic N) is 3. The van der Waals surface area contributed by atoms with Crippen molar-refractivity contribution in [1.29, 1.82) is 0 Å². The molecule has 0 saturated heterocycles. The molecule has 5 heteroatoms. The summed E-state index contributed by atoms with van der Waals surface area (Å²) in [6.45, 7) is 14.6. The molecule has 2 heterocycles. The highest BCUT2D eigenvalue weighted by Gasteiger charge is 2.13. The average molecular weight is 306 g/mol. The van der Waals surface area contributed by atoms with Crippen molar-refractivity contribution in [2.75, 3.05) is 0 Å². The Kier molecular flexibility index (Phi) is 5.17. The molecule has 0 aliphatic heterocycles. The fourth-order valence-electron chi connectivity index (χ4n) is 2.26. The Morgan fingerprint density at radius 1 is 1.24 bits per heavy atom. The Balaban J connectivity index is 2.14. The van der Waals surface area contributed by atoms with Gasteiger partial charge in [0.15, 0.2) is 0 Å². The Labute approximate surface area is 131 Å². The molecule has 0 fully saturated rings. The van der Waals surface area contributed by atoms with Gasteiger partial charge in [-0.2, -0.15) is 5.10 Å². The quantitative estimate of drug-likeness (QED) is 0.886. The van der Waals surface area contributed by atoms with Crippen molar-refractivity contribution in [3.8, 4) is 0 Å². The zero-order valence-electron chi connectivity index (χ0n) is 13.9. The molecule has 0 bridgehead atoms. The van der Waals surface area contributed by atoms with E-state index >= 15 is 0 Å². The molecule has 21 heavy (non-hydrogen) atoms. The zero-order valence-corrected chi connectivity index (χ0v) is 14.7. The standard InChI is InChI=1S/C16H26N4S/c1-10(2)16-18-14(9-21-16)8-20-13(6)15(12(5)19-20)7-17-11(3)4/h9-11,17H,7-8H2,1-6H3. The van der Waals surface area contributed by atoms with Gasteiger partial charge in [0, 0.05) is 35.1 Å². The highest BCUT2D eigenvalue weighted by atomic mass is 32.1. The predicted octanol–water partition coefficient (Wildman–Crippen LogP) is 3.63. The molecular weight excluding hydrogens is 280 g/mol. The summed E-state index contributed by atoms with van der Waals surface area (Å²) in [5.74, 6) is 0.495. The number of hydrogen-bond acceptors (Lipinski definition) is 4. The van der Waals surface area contributed by atoms with Crippen LogP contribution in [0.15, 0.2) is 5.38 Å². The van der Waals surface area contributed by atoms with E-state index in [-0.39, 0.29) is 0 Å². The highest BCUT2D eigenvalue weighted by molar-refractivity contribution is 7.09. The minimum absolute atomic E-state index is 0.485. The fourth-order valence-corrected chi connectivity index (χ4v) is 3.09. The van der Waals surface area contributed by atoms with E-state index in [1.807, 2.05) is 0 Å². The first-order valence-corrected chi connectivity index (χ1v) is 8.47. The lowest BCUT2D eigenvalue weighted by atomic mass is 10.2. The summed E-state index contributed by atoms with van der Waals surface area (Å²) in [5, 5.41) is 11.5. The summed E-state index contributed by atoms with van der Waals surface area (Å²) in [6.07, 6.45) is 0. The molecule has 4 nitrogen and oxygen atoms in total. The van der Waals surface area contributed by atoms with Crippen molar-refractivity contribution in [2.24, 2.45) is 0 Å². The summed E-state index contributed by atoms with van der Waals surface area (Å²) in [6, 6.07) is 0.485. The van der Waals surface area contributed by atoms with Crippen LogP contribution in [0.3, 0.4) is 0 Å². The van der Waals surface area contributed by atoms with Gasteiger partial charge in [-0.15, -0.1) is 11.3 Å². The molecule has 2 aromatic rings. The average Bonchev–Trinajstić information content (AvgIpc) is 2.95. The van der Waals surface area contributed by atoms with Gasteiger partial charge in [-0.1, -0.05) is 27.7 Å². The molecule has 2 aromatic heterocycles. The maximum atomic E-state index is 4.70. The number of thiazole rings is 1. The van der Waals surface area contributed by atoms with Crippen molar-refractivity contribution in [2.45, 2.75) is 66.6 Å². The number of nitrogens with one attached hydrogen (secondary N) is 1. The van der Waals surface area contributed by atoms with Crippen LogP contribution in [0, 0.1) is 13.8 Å². The smallest absolute Gasteiger partial charge is 0.0954 e. The summed E-state index contributed by atoms with van der Waals surface area (Å²) >= 11 is 1.74. The Hall–Kier alpha value is -1.20. The van der Waals surface area contributed by atoms with Crippen molar-refractivity contribution < 1.29 is 0 Å². The lowest BCUT2D eigenvalue weighted by Gasteiger charge is -2.08. The van der Waals surface area contributed by atoms with Crippen LogP contribution in [0.5, 0.6) is 0 Å². The van der Waals surface area contributed by atoms with E-state index < -0.39 is 0 Å². The molecule has 1 N–H and O–H groups in total. The Morgan fingerprint density at radius 2 is 1.95 bits per heavy atom. The van der Waals surface area contributed by atoms with Gasteiger partial charge in [0.2, 0.25) is 0 Å². The highest BCUT2D eigenvalue weighted by Crippen LogP contribution is 2.21. The molecule has 0 saturated carbocycles. The predicted molar refractivity (Wildman–Crippen MR) is 89.0 cm³/mol. The Bertz CT molecular complexity index is 595. The van der Waals surface area contributed by atoms with E-state index in [0.29, 0.717) is 12.0 Å². The number of aromatic nitrogens is 3. The maximum absolute atomic E-state index is 4.70. The van der Waals surface area contributed by atoms with Crippen LogP contribution >= 0.6 is 11.3 Å². The summed E-state index contributed by atoms with van der Waals surface area (Å²) in [4.78, 5) is 4.70. The van der Waals surface area contributed by atoms with Gasteiger partial charge in [0.05, 0.1) is 22.9 Å². The van der Waals surface area contributed by atoms with E-state index in [0.717, 1.165) is 24.5 Å². The molecule has 0 amide bonds. The van der Waals surface area contributed by atoms with Crippen molar-refractivity contribution in [3.63, 3.8) is 0 Å². The number of rotatable bonds is 6. The van der Waals surface area contributed by atoms with E-state index in [1.54, 1.807) is 11.3 Å². The maximum Gasteiger partial charge on any atom is 0.0954 e. The van der Waals surface area contributed by atoms with Crippen LogP contribution < -0.4 is 5.32 Å².